The summed E-state index contributed by atoms with van der Waals surface area (Å²) in [4.78, 5) is 0. The first-order valence-corrected chi connectivity index (χ1v) is 3.80. The molecule has 1 heterocycles. The highest BCUT2D eigenvalue weighted by Crippen LogP contribution is 2.28. The van der Waals surface area contributed by atoms with Gasteiger partial charge in [-0.05, 0) is 6.92 Å². The number of hydrogen-bond acceptors (Lipinski definition) is 3. The molecular formula is C6H6Cl2N2O. The van der Waals surface area contributed by atoms with E-state index in [2.05, 4.69) is 10.2 Å². The number of hydrogen-bond donors (Lipinski definition) is 0. The fourth-order valence-corrected chi connectivity index (χ4v) is 0.868. The monoisotopic (exact) mass is 192 g/mol. The summed E-state index contributed by atoms with van der Waals surface area (Å²) in [5, 5.41) is 7.57. The van der Waals surface area contributed by atoms with Crippen LogP contribution in [0.4, 0.5) is 0 Å². The van der Waals surface area contributed by atoms with E-state index in [1.807, 2.05) is 6.92 Å². The first-order chi connectivity index (χ1) is 5.25. The molecule has 5 heteroatoms. The van der Waals surface area contributed by atoms with Crippen molar-refractivity contribution < 1.29 is 4.74 Å². The van der Waals surface area contributed by atoms with Crippen molar-refractivity contribution in [3.8, 4) is 5.75 Å². The molecule has 0 aliphatic carbocycles. The van der Waals surface area contributed by atoms with E-state index in [9.17, 15) is 0 Å². The zero-order valence-corrected chi connectivity index (χ0v) is 7.35. The lowest BCUT2D eigenvalue weighted by molar-refractivity contribution is 0.338. The summed E-state index contributed by atoms with van der Waals surface area (Å²) < 4.78 is 5.10. The lowest BCUT2D eigenvalue weighted by Crippen LogP contribution is -1.94. The first kappa shape index (κ1) is 8.56. The van der Waals surface area contributed by atoms with E-state index < -0.39 is 0 Å². The van der Waals surface area contributed by atoms with Gasteiger partial charge in [0.05, 0.1) is 12.8 Å². The molecule has 0 saturated heterocycles. The van der Waals surface area contributed by atoms with E-state index in [1.165, 1.54) is 6.20 Å². The average Bonchev–Trinajstić information content (AvgIpc) is 1.99. The molecular weight excluding hydrogens is 187 g/mol. The van der Waals surface area contributed by atoms with Gasteiger partial charge >= 0.3 is 0 Å². The Bertz CT molecular complexity index is 254. The zero-order chi connectivity index (χ0) is 8.27. The molecule has 0 fully saturated rings. The number of rotatable bonds is 2. The molecule has 0 N–H and O–H groups in total. The van der Waals surface area contributed by atoms with E-state index in [0.717, 1.165) is 0 Å². The highest BCUT2D eigenvalue weighted by Gasteiger charge is 2.05. The second-order valence-electron chi connectivity index (χ2n) is 1.75. The van der Waals surface area contributed by atoms with Gasteiger partial charge in [0.2, 0.25) is 0 Å². The molecule has 60 valence electrons. The minimum atomic E-state index is 0.164. The van der Waals surface area contributed by atoms with Gasteiger partial charge in [-0.15, -0.1) is 5.10 Å². The lowest BCUT2D eigenvalue weighted by atomic mass is 10.5. The minimum absolute atomic E-state index is 0.164. The summed E-state index contributed by atoms with van der Waals surface area (Å²) >= 11 is 11.3. The molecule has 0 unspecified atom stereocenters. The number of aromatic nitrogens is 2. The Labute approximate surface area is 74.3 Å². The van der Waals surface area contributed by atoms with Crippen LogP contribution in [-0.4, -0.2) is 16.8 Å². The van der Waals surface area contributed by atoms with Crippen molar-refractivity contribution >= 4 is 23.2 Å². The second kappa shape index (κ2) is 3.74. The molecule has 1 rings (SSSR count). The van der Waals surface area contributed by atoms with Crippen molar-refractivity contribution in [3.63, 3.8) is 0 Å². The Hall–Kier alpha value is -0.540. The predicted molar refractivity (Wildman–Crippen MR) is 43.2 cm³/mol. The maximum Gasteiger partial charge on any atom is 0.174 e. The SMILES string of the molecule is CCOc1cnnc(Cl)c1Cl. The van der Waals surface area contributed by atoms with Gasteiger partial charge in [0.25, 0.3) is 0 Å². The molecule has 0 saturated carbocycles. The molecule has 1 aromatic heterocycles. The molecule has 0 aromatic carbocycles. The van der Waals surface area contributed by atoms with Crippen LogP contribution < -0.4 is 4.74 Å². The predicted octanol–water partition coefficient (Wildman–Crippen LogP) is 2.18. The van der Waals surface area contributed by atoms with E-state index in [0.29, 0.717) is 17.4 Å². The largest absolute Gasteiger partial charge is 0.490 e. The van der Waals surface area contributed by atoms with Crippen LogP contribution in [0, 0.1) is 0 Å². The van der Waals surface area contributed by atoms with Gasteiger partial charge in [0, 0.05) is 0 Å². The zero-order valence-electron chi connectivity index (χ0n) is 5.84. The highest BCUT2D eigenvalue weighted by atomic mass is 35.5. The fraction of sp³-hybridized carbons (Fsp3) is 0.333. The van der Waals surface area contributed by atoms with Crippen LogP contribution in [0.2, 0.25) is 10.2 Å². The van der Waals surface area contributed by atoms with Crippen LogP contribution in [0.25, 0.3) is 0 Å². The Balaban J connectivity index is 2.96. The van der Waals surface area contributed by atoms with E-state index in [-0.39, 0.29) is 5.15 Å². The second-order valence-corrected chi connectivity index (χ2v) is 2.48. The van der Waals surface area contributed by atoms with Crippen molar-refractivity contribution in [2.24, 2.45) is 0 Å². The van der Waals surface area contributed by atoms with Gasteiger partial charge in [-0.1, -0.05) is 23.2 Å². The highest BCUT2D eigenvalue weighted by molar-refractivity contribution is 6.42. The van der Waals surface area contributed by atoms with Gasteiger partial charge < -0.3 is 4.74 Å². The van der Waals surface area contributed by atoms with Crippen molar-refractivity contribution in [3.05, 3.63) is 16.4 Å². The van der Waals surface area contributed by atoms with Crippen molar-refractivity contribution in [1.82, 2.24) is 10.2 Å². The summed E-state index contributed by atoms with van der Waals surface area (Å²) in [6.07, 6.45) is 1.43. The maximum atomic E-state index is 5.71. The molecule has 0 atom stereocenters. The molecule has 0 aliphatic rings. The summed E-state index contributed by atoms with van der Waals surface area (Å²) in [6, 6.07) is 0. The van der Waals surface area contributed by atoms with E-state index >= 15 is 0 Å². The summed E-state index contributed by atoms with van der Waals surface area (Å²) in [5.74, 6) is 0.467. The molecule has 0 radical (unpaired) electrons. The van der Waals surface area contributed by atoms with E-state index in [1.54, 1.807) is 0 Å². The average molecular weight is 193 g/mol. The van der Waals surface area contributed by atoms with Crippen molar-refractivity contribution in [2.45, 2.75) is 6.92 Å². The van der Waals surface area contributed by atoms with Crippen LogP contribution in [0.5, 0.6) is 5.75 Å². The molecule has 11 heavy (non-hydrogen) atoms. The van der Waals surface area contributed by atoms with Gasteiger partial charge in [-0.25, -0.2) is 0 Å². The number of halogens is 2. The summed E-state index contributed by atoms with van der Waals surface area (Å²) in [6.45, 7) is 2.38. The number of nitrogens with zero attached hydrogens (tertiary/aromatic N) is 2. The molecule has 3 nitrogen and oxygen atoms in total. The standard InChI is InChI=1S/C6H6Cl2N2O/c1-2-11-4-3-9-10-6(8)5(4)7/h3H,2H2,1H3. The Kier molecular flexibility index (Phi) is 2.91. The quantitative estimate of drug-likeness (QED) is 0.721. The van der Waals surface area contributed by atoms with Gasteiger partial charge in [0.15, 0.2) is 10.9 Å². The molecule has 0 bridgehead atoms. The Morgan fingerprint density at radius 3 is 2.91 bits per heavy atom. The summed E-state index contributed by atoms with van der Waals surface area (Å²) in [7, 11) is 0. The Morgan fingerprint density at radius 1 is 1.55 bits per heavy atom. The molecule has 0 amide bonds. The topological polar surface area (TPSA) is 35.0 Å². The minimum Gasteiger partial charge on any atom is -0.490 e. The molecule has 0 spiro atoms. The van der Waals surface area contributed by atoms with Crippen LogP contribution in [0.1, 0.15) is 6.92 Å². The van der Waals surface area contributed by atoms with Gasteiger partial charge in [0.1, 0.15) is 5.02 Å². The fourth-order valence-electron chi connectivity index (χ4n) is 0.590. The van der Waals surface area contributed by atoms with Gasteiger partial charge in [-0.2, -0.15) is 5.10 Å². The van der Waals surface area contributed by atoms with Crippen molar-refractivity contribution in [2.75, 3.05) is 6.61 Å². The number of ether oxygens (including phenoxy) is 1. The van der Waals surface area contributed by atoms with Crippen molar-refractivity contribution in [1.29, 1.82) is 0 Å². The van der Waals surface area contributed by atoms with Crippen LogP contribution in [0.3, 0.4) is 0 Å². The van der Waals surface area contributed by atoms with Gasteiger partial charge in [-0.3, -0.25) is 0 Å². The van der Waals surface area contributed by atoms with Crippen LogP contribution >= 0.6 is 23.2 Å². The normalized spacial score (nSPS) is 9.73. The summed E-state index contributed by atoms with van der Waals surface area (Å²) in [5.41, 5.74) is 0. The maximum absolute atomic E-state index is 5.71. The third-order valence-electron chi connectivity index (χ3n) is 1.02. The smallest absolute Gasteiger partial charge is 0.174 e. The Morgan fingerprint density at radius 2 is 2.27 bits per heavy atom. The third-order valence-corrected chi connectivity index (χ3v) is 1.74. The third kappa shape index (κ3) is 1.94. The lowest BCUT2D eigenvalue weighted by Gasteiger charge is -2.03. The van der Waals surface area contributed by atoms with Crippen LogP contribution in [0.15, 0.2) is 6.20 Å². The van der Waals surface area contributed by atoms with Crippen LogP contribution in [-0.2, 0) is 0 Å². The van der Waals surface area contributed by atoms with E-state index in [4.69, 9.17) is 27.9 Å². The first-order valence-electron chi connectivity index (χ1n) is 3.05. The molecule has 1 aromatic rings. The molecule has 0 aliphatic heterocycles.